The summed E-state index contributed by atoms with van der Waals surface area (Å²) < 4.78 is 11.5. The molecule has 1 heterocycles. The van der Waals surface area contributed by atoms with E-state index in [1.165, 1.54) is 11.6 Å². The molecule has 7 nitrogen and oxygen atoms in total. The molecule has 3 rings (SSSR count). The Labute approximate surface area is 175 Å². The predicted molar refractivity (Wildman–Crippen MR) is 112 cm³/mol. The van der Waals surface area contributed by atoms with Crippen LogP contribution < -0.4 is 20.1 Å². The van der Waals surface area contributed by atoms with E-state index in [0.29, 0.717) is 17.9 Å². The van der Waals surface area contributed by atoms with E-state index in [1.807, 2.05) is 34.9 Å². The van der Waals surface area contributed by atoms with Gasteiger partial charge in [0.05, 0.1) is 0 Å². The first-order valence-corrected chi connectivity index (χ1v) is 9.57. The van der Waals surface area contributed by atoms with Gasteiger partial charge in [-0.3, -0.25) is 20.2 Å². The van der Waals surface area contributed by atoms with Crippen molar-refractivity contribution in [3.63, 3.8) is 0 Å². The molecule has 0 aliphatic carbocycles. The van der Waals surface area contributed by atoms with Gasteiger partial charge in [-0.25, -0.2) is 4.79 Å². The van der Waals surface area contributed by atoms with Crippen molar-refractivity contribution in [3.05, 3.63) is 65.2 Å². The van der Waals surface area contributed by atoms with Crippen molar-refractivity contribution >= 4 is 23.9 Å². The van der Waals surface area contributed by atoms with Crippen LogP contribution in [0.25, 0.3) is 6.08 Å². The largest absolute Gasteiger partial charge is 0.490 e. The summed E-state index contributed by atoms with van der Waals surface area (Å²) in [5, 5.41) is 4.09. The van der Waals surface area contributed by atoms with E-state index in [1.54, 1.807) is 24.3 Å². The number of hydrogen-bond acceptors (Lipinski definition) is 5. The number of rotatable bonds is 6. The molecule has 0 unspecified atom stereocenters. The van der Waals surface area contributed by atoms with Gasteiger partial charge in [-0.05, 0) is 35.3 Å². The summed E-state index contributed by atoms with van der Waals surface area (Å²) in [6.45, 7) is 7.07. The number of nitrogens with one attached hydrogen (secondary N) is 2. The second kappa shape index (κ2) is 8.82. The van der Waals surface area contributed by atoms with Crippen molar-refractivity contribution in [1.29, 1.82) is 0 Å². The molecule has 156 valence electrons. The summed E-state index contributed by atoms with van der Waals surface area (Å²) in [6, 6.07) is 14.1. The van der Waals surface area contributed by atoms with Crippen LogP contribution >= 0.6 is 0 Å². The van der Waals surface area contributed by atoms with Gasteiger partial charge in [0.2, 0.25) is 0 Å². The lowest BCUT2D eigenvalue weighted by molar-refractivity contribution is -0.123. The van der Waals surface area contributed by atoms with Crippen LogP contribution in [0.15, 0.2) is 54.1 Å². The molecule has 1 saturated heterocycles. The number of urea groups is 1. The maximum absolute atomic E-state index is 11.9. The minimum Gasteiger partial charge on any atom is -0.490 e. The van der Waals surface area contributed by atoms with Gasteiger partial charge in [-0.15, -0.1) is 0 Å². The molecule has 2 N–H and O–H groups in total. The van der Waals surface area contributed by atoms with Crippen LogP contribution in [0.4, 0.5) is 4.79 Å². The molecule has 0 aromatic heterocycles. The average Bonchev–Trinajstić information content (AvgIpc) is 2.68. The fourth-order valence-corrected chi connectivity index (χ4v) is 2.86. The molecule has 2 aromatic carbocycles. The molecular formula is C23H24N2O5. The van der Waals surface area contributed by atoms with Crippen LogP contribution in [0.5, 0.6) is 11.5 Å². The molecular weight excluding hydrogens is 384 g/mol. The normalized spacial score (nSPS) is 14.1. The second-order valence-electron chi connectivity index (χ2n) is 7.80. The van der Waals surface area contributed by atoms with Gasteiger partial charge < -0.3 is 9.47 Å². The van der Waals surface area contributed by atoms with E-state index in [2.05, 4.69) is 20.8 Å². The maximum atomic E-state index is 11.9. The van der Waals surface area contributed by atoms with E-state index in [-0.39, 0.29) is 17.6 Å². The molecule has 4 amide bonds. The highest BCUT2D eigenvalue weighted by molar-refractivity contribution is 6.31. The van der Waals surface area contributed by atoms with Crippen molar-refractivity contribution in [3.8, 4) is 11.5 Å². The third kappa shape index (κ3) is 5.26. The van der Waals surface area contributed by atoms with Crippen LogP contribution in [-0.4, -0.2) is 31.1 Å². The van der Waals surface area contributed by atoms with E-state index < -0.39 is 17.8 Å². The predicted octanol–water partition coefficient (Wildman–Crippen LogP) is 3.19. The fraction of sp³-hybridized carbons (Fsp3) is 0.261. The minimum atomic E-state index is -0.834. The summed E-state index contributed by atoms with van der Waals surface area (Å²) in [4.78, 5) is 35.0. The Morgan fingerprint density at radius 3 is 2.07 bits per heavy atom. The molecule has 7 heteroatoms. The van der Waals surface area contributed by atoms with Gasteiger partial charge in [0.25, 0.3) is 11.8 Å². The summed E-state index contributed by atoms with van der Waals surface area (Å²) in [6.07, 6.45) is 1.39. The second-order valence-corrected chi connectivity index (χ2v) is 7.80. The third-order valence-electron chi connectivity index (χ3n) is 4.49. The van der Waals surface area contributed by atoms with Crippen LogP contribution in [0.1, 0.15) is 31.9 Å². The van der Waals surface area contributed by atoms with Gasteiger partial charge >= 0.3 is 6.03 Å². The van der Waals surface area contributed by atoms with Crippen molar-refractivity contribution < 1.29 is 23.9 Å². The van der Waals surface area contributed by atoms with E-state index in [0.717, 1.165) is 5.75 Å². The summed E-state index contributed by atoms with van der Waals surface area (Å²) in [5.74, 6) is -0.252. The number of benzene rings is 2. The first-order valence-electron chi connectivity index (χ1n) is 9.57. The number of amides is 4. The fourth-order valence-electron chi connectivity index (χ4n) is 2.86. The molecule has 0 radical (unpaired) electrons. The molecule has 0 saturated carbocycles. The van der Waals surface area contributed by atoms with Crippen LogP contribution in [0.3, 0.4) is 0 Å². The van der Waals surface area contributed by atoms with Crippen molar-refractivity contribution in [2.75, 3.05) is 13.2 Å². The van der Waals surface area contributed by atoms with E-state index in [9.17, 15) is 14.4 Å². The molecule has 2 aromatic rings. The lowest BCUT2D eigenvalue weighted by atomic mass is 9.87. The third-order valence-corrected chi connectivity index (χ3v) is 4.49. The number of imide groups is 2. The maximum Gasteiger partial charge on any atom is 0.328 e. The van der Waals surface area contributed by atoms with Crippen LogP contribution in [-0.2, 0) is 15.0 Å². The summed E-state index contributed by atoms with van der Waals surface area (Å²) >= 11 is 0. The monoisotopic (exact) mass is 408 g/mol. The van der Waals surface area contributed by atoms with Crippen molar-refractivity contribution in [2.45, 2.75) is 26.2 Å². The van der Waals surface area contributed by atoms with Gasteiger partial charge in [0.15, 0.2) is 0 Å². The Bertz CT molecular complexity index is 965. The van der Waals surface area contributed by atoms with Crippen LogP contribution in [0.2, 0.25) is 0 Å². The zero-order valence-corrected chi connectivity index (χ0v) is 17.2. The van der Waals surface area contributed by atoms with Crippen molar-refractivity contribution in [1.82, 2.24) is 10.6 Å². The van der Waals surface area contributed by atoms with Gasteiger partial charge in [0, 0.05) is 5.56 Å². The molecule has 1 fully saturated rings. The number of ether oxygens (including phenoxy) is 2. The Hall–Kier alpha value is -3.61. The first-order chi connectivity index (χ1) is 14.2. The Morgan fingerprint density at radius 2 is 1.43 bits per heavy atom. The molecule has 0 atom stereocenters. The minimum absolute atomic E-state index is 0.0826. The first kappa shape index (κ1) is 21.1. The van der Waals surface area contributed by atoms with Crippen LogP contribution in [0, 0.1) is 0 Å². The SMILES string of the molecule is CC(C)(C)c1ccc(OCCOc2ccccc2C=C2C(=O)NC(=O)NC2=O)cc1. The zero-order valence-electron chi connectivity index (χ0n) is 17.2. The highest BCUT2D eigenvalue weighted by Crippen LogP contribution is 2.25. The Morgan fingerprint density at radius 1 is 0.833 bits per heavy atom. The lowest BCUT2D eigenvalue weighted by Crippen LogP contribution is -2.51. The highest BCUT2D eigenvalue weighted by Gasteiger charge is 2.27. The summed E-state index contributed by atoms with van der Waals surface area (Å²) in [7, 11) is 0. The number of para-hydroxylation sites is 1. The average molecular weight is 408 g/mol. The zero-order chi connectivity index (χ0) is 21.7. The Balaban J connectivity index is 1.61. The highest BCUT2D eigenvalue weighted by atomic mass is 16.5. The topological polar surface area (TPSA) is 93.7 Å². The van der Waals surface area contributed by atoms with Gasteiger partial charge in [-0.2, -0.15) is 0 Å². The quantitative estimate of drug-likeness (QED) is 0.435. The molecule has 1 aliphatic rings. The number of barbiturate groups is 1. The Kier molecular flexibility index (Phi) is 6.20. The van der Waals surface area contributed by atoms with Crippen molar-refractivity contribution in [2.24, 2.45) is 0 Å². The number of hydrogen-bond donors (Lipinski definition) is 2. The molecule has 1 aliphatic heterocycles. The van der Waals surface area contributed by atoms with Gasteiger partial charge in [-0.1, -0.05) is 51.1 Å². The summed E-state index contributed by atoms with van der Waals surface area (Å²) in [5.41, 5.74) is 1.69. The molecule has 0 spiro atoms. The lowest BCUT2D eigenvalue weighted by Gasteiger charge is -2.19. The van der Waals surface area contributed by atoms with E-state index in [4.69, 9.17) is 9.47 Å². The standard InChI is InChI=1S/C23H24N2O5/c1-23(2,3)16-8-10-17(11-9-16)29-12-13-30-19-7-5-4-6-15(19)14-18-20(26)24-22(28)25-21(18)27/h4-11,14H,12-13H2,1-3H3,(H2,24,25,26,27,28). The number of carbonyl (C=O) groups excluding carboxylic acids is 3. The van der Waals surface area contributed by atoms with E-state index >= 15 is 0 Å². The number of carbonyl (C=O) groups is 3. The smallest absolute Gasteiger partial charge is 0.328 e. The molecule has 30 heavy (non-hydrogen) atoms. The van der Waals surface area contributed by atoms with Gasteiger partial charge in [0.1, 0.15) is 30.3 Å². The molecule has 0 bridgehead atoms.